The van der Waals surface area contributed by atoms with Gasteiger partial charge < -0.3 is 19.6 Å². The predicted molar refractivity (Wildman–Crippen MR) is 98.0 cm³/mol. The molecule has 136 valence electrons. The van der Waals surface area contributed by atoms with Gasteiger partial charge in [0.2, 0.25) is 11.9 Å². The summed E-state index contributed by atoms with van der Waals surface area (Å²) >= 11 is 0. The number of hydrogen-bond acceptors (Lipinski definition) is 6. The Morgan fingerprint density at radius 2 is 1.60 bits per heavy atom. The van der Waals surface area contributed by atoms with Crippen molar-refractivity contribution in [3.63, 3.8) is 0 Å². The predicted octanol–water partition coefficient (Wildman–Crippen LogP) is 0.595. The SMILES string of the molecule is Cc1cc(N2CCN(C)CC2)nc(N2CCN(C(=O)C3CC3)CC2)n1. The molecule has 1 aromatic heterocycles. The normalized spacial score (nSPS) is 22.4. The van der Waals surface area contributed by atoms with E-state index in [2.05, 4.69) is 32.8 Å². The van der Waals surface area contributed by atoms with Gasteiger partial charge in [-0.15, -0.1) is 0 Å². The summed E-state index contributed by atoms with van der Waals surface area (Å²) in [6, 6.07) is 2.09. The Morgan fingerprint density at radius 3 is 2.24 bits per heavy atom. The van der Waals surface area contributed by atoms with Gasteiger partial charge in [0, 0.05) is 70.0 Å². The Hall–Kier alpha value is -1.89. The van der Waals surface area contributed by atoms with E-state index < -0.39 is 0 Å². The molecular formula is C18H28N6O. The van der Waals surface area contributed by atoms with Crippen molar-refractivity contribution in [1.82, 2.24) is 19.8 Å². The molecule has 2 saturated heterocycles. The van der Waals surface area contributed by atoms with Gasteiger partial charge in [-0.05, 0) is 26.8 Å². The van der Waals surface area contributed by atoms with Crippen LogP contribution in [0.4, 0.5) is 11.8 Å². The first kappa shape index (κ1) is 16.6. The van der Waals surface area contributed by atoms with Crippen LogP contribution in [0.1, 0.15) is 18.5 Å². The quantitative estimate of drug-likeness (QED) is 0.800. The van der Waals surface area contributed by atoms with E-state index in [1.54, 1.807) is 0 Å². The van der Waals surface area contributed by atoms with Crippen LogP contribution in [-0.4, -0.2) is 85.1 Å². The van der Waals surface area contributed by atoms with Crippen LogP contribution in [0.3, 0.4) is 0 Å². The number of piperazine rings is 2. The molecule has 1 aliphatic carbocycles. The fourth-order valence-corrected chi connectivity index (χ4v) is 3.59. The van der Waals surface area contributed by atoms with Gasteiger partial charge in [0.05, 0.1) is 0 Å². The van der Waals surface area contributed by atoms with Crippen LogP contribution in [0.15, 0.2) is 6.07 Å². The van der Waals surface area contributed by atoms with Crippen molar-refractivity contribution in [3.05, 3.63) is 11.8 Å². The Labute approximate surface area is 149 Å². The third-order valence-corrected chi connectivity index (χ3v) is 5.46. The standard InChI is InChI=1S/C18H28N6O/c1-14-13-16(22-7-5-21(2)6-8-22)20-18(19-14)24-11-9-23(10-12-24)17(25)15-3-4-15/h13,15H,3-12H2,1-2H3. The first-order valence-electron chi connectivity index (χ1n) is 9.43. The Bertz CT molecular complexity index is 630. The van der Waals surface area contributed by atoms with Crippen LogP contribution < -0.4 is 9.80 Å². The summed E-state index contributed by atoms with van der Waals surface area (Å²) in [7, 11) is 2.16. The lowest BCUT2D eigenvalue weighted by molar-refractivity contribution is -0.132. The zero-order valence-electron chi connectivity index (χ0n) is 15.3. The maximum absolute atomic E-state index is 12.2. The molecule has 25 heavy (non-hydrogen) atoms. The fraction of sp³-hybridized carbons (Fsp3) is 0.722. The molecule has 1 saturated carbocycles. The lowest BCUT2D eigenvalue weighted by Gasteiger charge is -2.36. The second kappa shape index (κ2) is 6.78. The van der Waals surface area contributed by atoms with E-state index in [0.717, 1.165) is 82.7 Å². The van der Waals surface area contributed by atoms with Crippen LogP contribution in [0.2, 0.25) is 0 Å². The maximum atomic E-state index is 12.2. The number of likely N-dealkylation sites (N-methyl/N-ethyl adjacent to an activating group) is 1. The van der Waals surface area contributed by atoms with Gasteiger partial charge >= 0.3 is 0 Å². The minimum Gasteiger partial charge on any atom is -0.354 e. The molecule has 0 atom stereocenters. The topological polar surface area (TPSA) is 55.8 Å². The summed E-state index contributed by atoms with van der Waals surface area (Å²) in [5, 5.41) is 0. The van der Waals surface area contributed by atoms with Gasteiger partial charge in [0.15, 0.2) is 0 Å². The van der Waals surface area contributed by atoms with E-state index >= 15 is 0 Å². The van der Waals surface area contributed by atoms with Crippen LogP contribution in [-0.2, 0) is 4.79 Å². The number of amides is 1. The van der Waals surface area contributed by atoms with E-state index in [1.807, 2.05) is 11.8 Å². The van der Waals surface area contributed by atoms with E-state index in [0.29, 0.717) is 11.8 Å². The first-order chi connectivity index (χ1) is 12.1. The molecular weight excluding hydrogens is 316 g/mol. The number of hydrogen-bond donors (Lipinski definition) is 0. The van der Waals surface area contributed by atoms with Crippen LogP contribution in [0.5, 0.6) is 0 Å². The van der Waals surface area contributed by atoms with Crippen LogP contribution in [0, 0.1) is 12.8 Å². The molecule has 2 aliphatic heterocycles. The zero-order chi connectivity index (χ0) is 17.4. The third kappa shape index (κ3) is 3.71. The van der Waals surface area contributed by atoms with Crippen molar-refractivity contribution in [3.8, 4) is 0 Å². The smallest absolute Gasteiger partial charge is 0.227 e. The highest BCUT2D eigenvalue weighted by Gasteiger charge is 2.35. The van der Waals surface area contributed by atoms with Gasteiger partial charge in [-0.3, -0.25) is 4.79 Å². The van der Waals surface area contributed by atoms with Crippen LogP contribution in [0.25, 0.3) is 0 Å². The molecule has 0 bridgehead atoms. The molecule has 7 nitrogen and oxygen atoms in total. The third-order valence-electron chi connectivity index (χ3n) is 5.46. The summed E-state index contributed by atoms with van der Waals surface area (Å²) in [6.45, 7) is 9.42. The summed E-state index contributed by atoms with van der Waals surface area (Å²) < 4.78 is 0. The zero-order valence-corrected chi connectivity index (χ0v) is 15.3. The van der Waals surface area contributed by atoms with Crippen molar-refractivity contribution in [1.29, 1.82) is 0 Å². The van der Waals surface area contributed by atoms with Gasteiger partial charge in [0.25, 0.3) is 0 Å². The molecule has 4 rings (SSSR count). The molecule has 3 heterocycles. The van der Waals surface area contributed by atoms with E-state index in [9.17, 15) is 4.79 Å². The second-order valence-corrected chi connectivity index (χ2v) is 7.54. The summed E-state index contributed by atoms with van der Waals surface area (Å²) in [4.78, 5) is 30.7. The van der Waals surface area contributed by atoms with Gasteiger partial charge in [0.1, 0.15) is 5.82 Å². The lowest BCUT2D eigenvalue weighted by Crippen LogP contribution is -2.50. The molecule has 0 unspecified atom stereocenters. The molecule has 0 aromatic carbocycles. The Balaban J connectivity index is 1.43. The molecule has 3 fully saturated rings. The Morgan fingerprint density at radius 1 is 0.960 bits per heavy atom. The molecule has 1 aromatic rings. The largest absolute Gasteiger partial charge is 0.354 e. The first-order valence-corrected chi connectivity index (χ1v) is 9.43. The number of carbonyl (C=O) groups is 1. The minimum atomic E-state index is 0.311. The number of anilines is 2. The van der Waals surface area contributed by atoms with Crippen molar-refractivity contribution >= 4 is 17.7 Å². The maximum Gasteiger partial charge on any atom is 0.227 e. The number of aromatic nitrogens is 2. The summed E-state index contributed by atoms with van der Waals surface area (Å²) in [5.41, 5.74) is 1.01. The number of aryl methyl sites for hydroxylation is 1. The van der Waals surface area contributed by atoms with Crippen LogP contribution >= 0.6 is 0 Å². The van der Waals surface area contributed by atoms with Gasteiger partial charge in [-0.2, -0.15) is 4.98 Å². The second-order valence-electron chi connectivity index (χ2n) is 7.54. The van der Waals surface area contributed by atoms with Crippen molar-refractivity contribution < 1.29 is 4.79 Å². The van der Waals surface area contributed by atoms with Crippen molar-refractivity contribution in [2.75, 3.05) is 69.2 Å². The Kier molecular flexibility index (Phi) is 4.50. The lowest BCUT2D eigenvalue weighted by atomic mass is 10.2. The van der Waals surface area contributed by atoms with E-state index in [-0.39, 0.29) is 0 Å². The molecule has 0 spiro atoms. The number of carbonyl (C=O) groups excluding carboxylic acids is 1. The molecule has 1 amide bonds. The minimum absolute atomic E-state index is 0.311. The van der Waals surface area contributed by atoms with Crippen molar-refractivity contribution in [2.45, 2.75) is 19.8 Å². The highest BCUT2D eigenvalue weighted by Crippen LogP contribution is 2.31. The summed E-state index contributed by atoms with van der Waals surface area (Å²) in [6.07, 6.45) is 2.16. The van der Waals surface area contributed by atoms with Gasteiger partial charge in [-0.1, -0.05) is 0 Å². The monoisotopic (exact) mass is 344 g/mol. The fourth-order valence-electron chi connectivity index (χ4n) is 3.59. The van der Waals surface area contributed by atoms with Gasteiger partial charge in [-0.25, -0.2) is 4.98 Å². The molecule has 3 aliphatic rings. The molecule has 7 heteroatoms. The molecule has 0 N–H and O–H groups in total. The average molecular weight is 344 g/mol. The number of nitrogens with zero attached hydrogens (tertiary/aromatic N) is 6. The average Bonchev–Trinajstić information content (AvgIpc) is 3.46. The van der Waals surface area contributed by atoms with E-state index in [4.69, 9.17) is 4.98 Å². The number of rotatable bonds is 3. The summed E-state index contributed by atoms with van der Waals surface area (Å²) in [5.74, 6) is 2.51. The van der Waals surface area contributed by atoms with Crippen molar-refractivity contribution in [2.24, 2.45) is 5.92 Å². The highest BCUT2D eigenvalue weighted by molar-refractivity contribution is 5.81. The highest BCUT2D eigenvalue weighted by atomic mass is 16.2. The molecule has 0 radical (unpaired) electrons. The van der Waals surface area contributed by atoms with E-state index in [1.165, 1.54) is 0 Å².